The zero-order valence-electron chi connectivity index (χ0n) is 20.8. The summed E-state index contributed by atoms with van der Waals surface area (Å²) < 4.78 is 0. The predicted octanol–water partition coefficient (Wildman–Crippen LogP) is 10.5. The monoisotopic (exact) mass is 470 g/mol. The van der Waals surface area contributed by atoms with Crippen molar-refractivity contribution in [3.8, 4) is 33.4 Å². The van der Waals surface area contributed by atoms with Crippen LogP contribution in [0.1, 0.15) is 5.56 Å². The molecule has 0 aromatic heterocycles. The average Bonchev–Trinajstić information content (AvgIpc) is 2.95. The highest BCUT2D eigenvalue weighted by molar-refractivity contribution is 6.21. The van der Waals surface area contributed by atoms with Crippen molar-refractivity contribution >= 4 is 32.3 Å². The number of fused-ring (bicyclic) bond motifs is 3. The molecule has 0 amide bonds. The summed E-state index contributed by atoms with van der Waals surface area (Å²) in [6, 6.07) is 50.9. The molecule has 0 heteroatoms. The molecule has 0 fully saturated rings. The standard InChI is InChI=1S/C37H26/c1-25-10-8-13-29(24-25)37-34-17-6-4-15-32(34)36(33-16-5-7-18-35(33)37)28-22-20-27(21-23-28)31-19-9-12-26-11-2-3-14-30(26)31/h2-24H,1H3. The lowest BCUT2D eigenvalue weighted by molar-refractivity contribution is 1.47. The lowest BCUT2D eigenvalue weighted by Crippen LogP contribution is -1.91. The largest absolute Gasteiger partial charge is 0.0616 e. The van der Waals surface area contributed by atoms with Crippen molar-refractivity contribution in [2.24, 2.45) is 0 Å². The Morgan fingerprint density at radius 1 is 0.351 bits per heavy atom. The van der Waals surface area contributed by atoms with Gasteiger partial charge in [-0.25, -0.2) is 0 Å². The quantitative estimate of drug-likeness (QED) is 0.225. The van der Waals surface area contributed by atoms with E-state index in [2.05, 4.69) is 146 Å². The summed E-state index contributed by atoms with van der Waals surface area (Å²) in [5.41, 5.74) is 8.91. The van der Waals surface area contributed by atoms with E-state index in [1.54, 1.807) is 0 Å². The Balaban J connectivity index is 1.47. The summed E-state index contributed by atoms with van der Waals surface area (Å²) in [7, 11) is 0. The molecule has 7 rings (SSSR count). The molecular weight excluding hydrogens is 444 g/mol. The molecule has 0 saturated carbocycles. The molecule has 0 aliphatic heterocycles. The number of aryl methyl sites for hydroxylation is 1. The molecule has 0 aliphatic carbocycles. The normalized spacial score (nSPS) is 11.4. The van der Waals surface area contributed by atoms with Gasteiger partial charge in [-0.05, 0) is 72.6 Å². The number of hydrogen-bond acceptors (Lipinski definition) is 0. The van der Waals surface area contributed by atoms with E-state index in [0.717, 1.165) is 0 Å². The Labute approximate surface area is 217 Å². The van der Waals surface area contributed by atoms with E-state index >= 15 is 0 Å². The summed E-state index contributed by atoms with van der Waals surface area (Å²) in [5.74, 6) is 0. The van der Waals surface area contributed by atoms with Crippen molar-refractivity contribution in [2.45, 2.75) is 6.92 Å². The van der Waals surface area contributed by atoms with Gasteiger partial charge in [-0.15, -0.1) is 0 Å². The van der Waals surface area contributed by atoms with Gasteiger partial charge in [0, 0.05) is 0 Å². The second-order valence-corrected chi connectivity index (χ2v) is 9.81. The average molecular weight is 471 g/mol. The highest BCUT2D eigenvalue weighted by Crippen LogP contribution is 2.44. The van der Waals surface area contributed by atoms with Crippen LogP contribution in [-0.4, -0.2) is 0 Å². The van der Waals surface area contributed by atoms with Crippen LogP contribution >= 0.6 is 0 Å². The molecule has 0 nitrogen and oxygen atoms in total. The minimum absolute atomic E-state index is 1.24. The van der Waals surface area contributed by atoms with Crippen LogP contribution in [0.2, 0.25) is 0 Å². The maximum Gasteiger partial charge on any atom is -0.00263 e. The smallest absolute Gasteiger partial charge is 0.00263 e. The Morgan fingerprint density at radius 3 is 1.46 bits per heavy atom. The van der Waals surface area contributed by atoms with E-state index in [-0.39, 0.29) is 0 Å². The molecule has 0 radical (unpaired) electrons. The van der Waals surface area contributed by atoms with Crippen LogP contribution in [0.5, 0.6) is 0 Å². The maximum absolute atomic E-state index is 2.30. The summed E-state index contributed by atoms with van der Waals surface area (Å²) in [5, 5.41) is 7.72. The third kappa shape index (κ3) is 3.61. The van der Waals surface area contributed by atoms with Gasteiger partial charge >= 0.3 is 0 Å². The lowest BCUT2D eigenvalue weighted by Gasteiger charge is -2.18. The SMILES string of the molecule is Cc1cccc(-c2c3ccccc3c(-c3ccc(-c4cccc5ccccc45)cc3)c3ccccc23)c1. The Kier molecular flexibility index (Phi) is 5.11. The van der Waals surface area contributed by atoms with Gasteiger partial charge in [0.15, 0.2) is 0 Å². The topological polar surface area (TPSA) is 0 Å². The number of benzene rings is 7. The first-order valence-electron chi connectivity index (χ1n) is 12.9. The van der Waals surface area contributed by atoms with Gasteiger partial charge < -0.3 is 0 Å². The van der Waals surface area contributed by atoms with E-state index in [9.17, 15) is 0 Å². The Hall–Kier alpha value is -4.68. The van der Waals surface area contributed by atoms with Crippen LogP contribution in [0.15, 0.2) is 140 Å². The van der Waals surface area contributed by atoms with Gasteiger partial charge in [0.05, 0.1) is 0 Å². The zero-order chi connectivity index (χ0) is 24.8. The Bertz CT molecular complexity index is 1860. The third-order valence-electron chi connectivity index (χ3n) is 7.51. The van der Waals surface area contributed by atoms with Crippen LogP contribution < -0.4 is 0 Å². The third-order valence-corrected chi connectivity index (χ3v) is 7.51. The molecule has 37 heavy (non-hydrogen) atoms. The summed E-state index contributed by atoms with van der Waals surface area (Å²) in [6.45, 7) is 2.17. The molecule has 0 atom stereocenters. The van der Waals surface area contributed by atoms with Crippen LogP contribution in [0.3, 0.4) is 0 Å². The minimum atomic E-state index is 1.24. The van der Waals surface area contributed by atoms with Gasteiger partial charge in [-0.3, -0.25) is 0 Å². The summed E-state index contributed by atoms with van der Waals surface area (Å²) in [4.78, 5) is 0. The fourth-order valence-corrected chi connectivity index (χ4v) is 5.84. The van der Waals surface area contributed by atoms with E-state index < -0.39 is 0 Å². The van der Waals surface area contributed by atoms with Crippen LogP contribution in [0.25, 0.3) is 65.7 Å². The molecule has 174 valence electrons. The van der Waals surface area contributed by atoms with Gasteiger partial charge in [0.1, 0.15) is 0 Å². The zero-order valence-corrected chi connectivity index (χ0v) is 20.8. The fraction of sp³-hybridized carbons (Fsp3) is 0.0270. The first kappa shape index (κ1) is 21.6. The van der Waals surface area contributed by atoms with Crippen molar-refractivity contribution < 1.29 is 0 Å². The van der Waals surface area contributed by atoms with E-state index in [4.69, 9.17) is 0 Å². The molecule has 0 aliphatic rings. The predicted molar refractivity (Wildman–Crippen MR) is 160 cm³/mol. The minimum Gasteiger partial charge on any atom is -0.0616 e. The number of hydrogen-bond donors (Lipinski definition) is 0. The molecule has 0 N–H and O–H groups in total. The lowest BCUT2D eigenvalue weighted by atomic mass is 9.85. The second kappa shape index (κ2) is 8.76. The van der Waals surface area contributed by atoms with Crippen LogP contribution in [0, 0.1) is 6.92 Å². The Morgan fingerprint density at radius 2 is 0.838 bits per heavy atom. The van der Waals surface area contributed by atoms with Crippen molar-refractivity contribution in [3.05, 3.63) is 145 Å². The molecule has 7 aromatic rings. The molecule has 7 aromatic carbocycles. The highest BCUT2D eigenvalue weighted by atomic mass is 14.2. The molecule has 0 bridgehead atoms. The maximum atomic E-state index is 2.30. The molecule has 0 saturated heterocycles. The first-order chi connectivity index (χ1) is 18.3. The summed E-state index contributed by atoms with van der Waals surface area (Å²) in [6.07, 6.45) is 0. The molecule has 0 heterocycles. The number of rotatable bonds is 3. The van der Waals surface area contributed by atoms with Gasteiger partial charge in [0.25, 0.3) is 0 Å². The van der Waals surface area contributed by atoms with Gasteiger partial charge in [0.2, 0.25) is 0 Å². The van der Waals surface area contributed by atoms with E-state index in [1.807, 2.05) is 0 Å². The summed E-state index contributed by atoms with van der Waals surface area (Å²) >= 11 is 0. The second-order valence-electron chi connectivity index (χ2n) is 9.81. The van der Waals surface area contributed by atoms with Crippen molar-refractivity contribution in [1.29, 1.82) is 0 Å². The fourth-order valence-electron chi connectivity index (χ4n) is 5.84. The van der Waals surface area contributed by atoms with E-state index in [0.29, 0.717) is 0 Å². The first-order valence-corrected chi connectivity index (χ1v) is 12.9. The van der Waals surface area contributed by atoms with Crippen molar-refractivity contribution in [2.75, 3.05) is 0 Å². The van der Waals surface area contributed by atoms with Gasteiger partial charge in [-0.1, -0.05) is 145 Å². The highest BCUT2D eigenvalue weighted by Gasteiger charge is 2.16. The van der Waals surface area contributed by atoms with Crippen molar-refractivity contribution in [1.82, 2.24) is 0 Å². The molecule has 0 spiro atoms. The molecule has 0 unspecified atom stereocenters. The van der Waals surface area contributed by atoms with E-state index in [1.165, 1.54) is 71.3 Å². The van der Waals surface area contributed by atoms with Crippen molar-refractivity contribution in [3.63, 3.8) is 0 Å². The van der Waals surface area contributed by atoms with Gasteiger partial charge in [-0.2, -0.15) is 0 Å². The van der Waals surface area contributed by atoms with Crippen LogP contribution in [0.4, 0.5) is 0 Å². The van der Waals surface area contributed by atoms with Crippen LogP contribution in [-0.2, 0) is 0 Å². The molecular formula is C37H26.